The van der Waals surface area contributed by atoms with Crippen molar-refractivity contribution in [1.82, 2.24) is 0 Å². The first-order chi connectivity index (χ1) is 35.6. The molecule has 0 bridgehead atoms. The van der Waals surface area contributed by atoms with E-state index in [1.165, 1.54) is 50.1 Å². The number of para-hydroxylation sites is 4. The van der Waals surface area contributed by atoms with Gasteiger partial charge in [-0.25, -0.2) is 0 Å². The van der Waals surface area contributed by atoms with Gasteiger partial charge in [-0.3, -0.25) is 0 Å². The summed E-state index contributed by atoms with van der Waals surface area (Å²) >= 11 is 0. The third-order valence-electron chi connectivity index (χ3n) is 15.5. The first-order valence-electron chi connectivity index (χ1n) is 26.1. The minimum atomic E-state index is -0.159. The van der Waals surface area contributed by atoms with Crippen LogP contribution in [0.25, 0.3) is 44.2 Å². The summed E-state index contributed by atoms with van der Waals surface area (Å²) in [5.41, 5.74) is 21.1. The van der Waals surface area contributed by atoms with Crippen LogP contribution in [-0.2, 0) is 16.2 Å². The Bertz CT molecular complexity index is 3940. The summed E-state index contributed by atoms with van der Waals surface area (Å²) in [5, 5.41) is 3.29. The molecule has 74 heavy (non-hydrogen) atoms. The van der Waals surface area contributed by atoms with Crippen molar-refractivity contribution in [3.8, 4) is 11.3 Å². The molecule has 0 aliphatic carbocycles. The molecule has 0 fully saturated rings. The zero-order valence-corrected chi connectivity index (χ0v) is 43.8. The van der Waals surface area contributed by atoms with Crippen molar-refractivity contribution in [3.05, 3.63) is 217 Å². The quantitative estimate of drug-likeness (QED) is 0.155. The molecule has 2 aliphatic rings. The van der Waals surface area contributed by atoms with Crippen LogP contribution in [0.4, 0.5) is 51.2 Å². The van der Waals surface area contributed by atoms with E-state index in [0.29, 0.717) is 0 Å². The number of furan rings is 2. The van der Waals surface area contributed by atoms with E-state index in [4.69, 9.17) is 8.83 Å². The van der Waals surface area contributed by atoms with Crippen molar-refractivity contribution in [2.24, 2.45) is 0 Å². The molecule has 0 atom stereocenters. The maximum Gasteiger partial charge on any atom is 0.252 e. The van der Waals surface area contributed by atoms with Crippen molar-refractivity contribution in [2.75, 3.05) is 14.7 Å². The average Bonchev–Trinajstić information content (AvgIpc) is 4.01. The lowest BCUT2D eigenvalue weighted by Gasteiger charge is -2.45. The Labute approximate surface area is 435 Å². The second kappa shape index (κ2) is 16.7. The molecule has 5 nitrogen and oxygen atoms in total. The third kappa shape index (κ3) is 7.44. The van der Waals surface area contributed by atoms with Crippen LogP contribution in [0, 0.1) is 0 Å². The van der Waals surface area contributed by atoms with Gasteiger partial charge in [0.05, 0.1) is 5.69 Å². The highest BCUT2D eigenvalue weighted by Gasteiger charge is 2.45. The van der Waals surface area contributed by atoms with Gasteiger partial charge >= 0.3 is 0 Å². The summed E-state index contributed by atoms with van der Waals surface area (Å²) in [6, 6.07) is 73.7. The molecule has 0 radical (unpaired) electrons. The van der Waals surface area contributed by atoms with Crippen molar-refractivity contribution < 1.29 is 8.83 Å². The van der Waals surface area contributed by atoms with Crippen LogP contribution >= 0.6 is 0 Å². The number of hydrogen-bond donors (Lipinski definition) is 0. The molecule has 0 spiro atoms. The Balaban J connectivity index is 1.10. The molecule has 2 aromatic heterocycles. The Morgan fingerprint density at radius 2 is 0.973 bits per heavy atom. The van der Waals surface area contributed by atoms with Crippen LogP contribution in [0.2, 0.25) is 0 Å². The number of benzene rings is 9. The van der Waals surface area contributed by atoms with E-state index >= 15 is 0 Å². The van der Waals surface area contributed by atoms with E-state index in [1.54, 1.807) is 0 Å². The summed E-state index contributed by atoms with van der Waals surface area (Å²) < 4.78 is 13.2. The van der Waals surface area contributed by atoms with Crippen LogP contribution < -0.4 is 31.1 Å². The van der Waals surface area contributed by atoms with E-state index in [0.717, 1.165) is 78.4 Å². The minimum Gasteiger partial charge on any atom is -0.456 e. The SMILES string of the molecule is CC(C)(C)c1ccc(N2c3ccc(C(C)(C)C)cc3B3c4cc(N(c5ccccc5)c5cccc6c5oc5ccccc56)ccc4N(c4ccc(-c5cc6ccccc6o5)cc4)c4cc(C(C)(C)C)cc2c43)cc1. The highest BCUT2D eigenvalue weighted by atomic mass is 16.3. The Morgan fingerprint density at radius 1 is 0.405 bits per heavy atom. The summed E-state index contributed by atoms with van der Waals surface area (Å²) in [6.07, 6.45) is 0. The molecule has 6 heteroatoms. The van der Waals surface area contributed by atoms with E-state index in [-0.39, 0.29) is 23.0 Å². The number of fused-ring (bicyclic) bond motifs is 8. The lowest BCUT2D eigenvalue weighted by molar-refractivity contribution is 0.589. The van der Waals surface area contributed by atoms with Crippen molar-refractivity contribution in [2.45, 2.75) is 78.6 Å². The molecule has 0 amide bonds. The summed E-state index contributed by atoms with van der Waals surface area (Å²) in [4.78, 5) is 7.46. The number of hydrogen-bond acceptors (Lipinski definition) is 5. The van der Waals surface area contributed by atoms with Gasteiger partial charge in [0.25, 0.3) is 6.71 Å². The van der Waals surface area contributed by atoms with E-state index in [1.807, 2.05) is 18.2 Å². The molecular formula is C68H60BN3O2. The lowest BCUT2D eigenvalue weighted by Crippen LogP contribution is -2.61. The molecule has 0 N–H and O–H groups in total. The topological polar surface area (TPSA) is 36.0 Å². The van der Waals surface area contributed by atoms with Crippen LogP contribution in [0.1, 0.15) is 79.0 Å². The van der Waals surface area contributed by atoms with Gasteiger partial charge in [0, 0.05) is 67.2 Å². The summed E-state index contributed by atoms with van der Waals surface area (Å²) in [7, 11) is 0. The van der Waals surface area contributed by atoms with Crippen molar-refractivity contribution in [1.29, 1.82) is 0 Å². The molecular weight excluding hydrogens is 902 g/mol. The zero-order valence-electron chi connectivity index (χ0n) is 43.8. The minimum absolute atomic E-state index is 0.0157. The molecule has 0 saturated heterocycles. The van der Waals surface area contributed by atoms with Crippen molar-refractivity contribution in [3.63, 3.8) is 0 Å². The average molecular weight is 962 g/mol. The van der Waals surface area contributed by atoms with Gasteiger partial charge in [0.2, 0.25) is 0 Å². The zero-order chi connectivity index (χ0) is 50.8. The van der Waals surface area contributed by atoms with Crippen LogP contribution in [0.3, 0.4) is 0 Å². The van der Waals surface area contributed by atoms with Crippen LogP contribution in [0.5, 0.6) is 0 Å². The molecule has 11 aromatic rings. The van der Waals surface area contributed by atoms with Gasteiger partial charge in [-0.05, 0) is 159 Å². The Kier molecular flexibility index (Phi) is 10.3. The molecule has 4 heterocycles. The summed E-state index contributed by atoms with van der Waals surface area (Å²) in [6.45, 7) is 20.8. The second-order valence-electron chi connectivity index (χ2n) is 23.5. The predicted octanol–water partition coefficient (Wildman–Crippen LogP) is 17.4. The van der Waals surface area contributed by atoms with Gasteiger partial charge in [0.1, 0.15) is 16.9 Å². The normalized spacial score (nSPS) is 13.4. The fraction of sp³-hybridized carbons (Fsp3) is 0.176. The van der Waals surface area contributed by atoms with Gasteiger partial charge in [-0.1, -0.05) is 153 Å². The maximum absolute atomic E-state index is 6.82. The molecule has 362 valence electrons. The smallest absolute Gasteiger partial charge is 0.252 e. The molecule has 9 aromatic carbocycles. The van der Waals surface area contributed by atoms with Crippen LogP contribution in [0.15, 0.2) is 209 Å². The molecule has 13 rings (SSSR count). The standard InChI is InChI=1S/C68H60BN3O2/c1-66(2,3)45-28-33-50(34-29-45)72-56-36-30-46(67(4,5)6)39-54(56)69-55-42-51(70(48-19-11-10-12-20-48)58-23-17-22-53-52-21-14-16-25-62(52)74-65(53)58)35-37-57(55)71(59-40-47(68(7,8)9)41-60(72)64(59)69)49-31-26-43(27-32-49)63-38-44-18-13-15-24-61(44)73-63/h10-42H,1-9H3. The summed E-state index contributed by atoms with van der Waals surface area (Å²) in [5.74, 6) is 0.855. The van der Waals surface area contributed by atoms with Gasteiger partial charge in [0.15, 0.2) is 5.58 Å². The second-order valence-corrected chi connectivity index (χ2v) is 23.5. The van der Waals surface area contributed by atoms with Gasteiger partial charge < -0.3 is 23.5 Å². The Morgan fingerprint density at radius 3 is 1.64 bits per heavy atom. The van der Waals surface area contributed by atoms with Crippen LogP contribution in [-0.4, -0.2) is 6.71 Å². The number of anilines is 9. The van der Waals surface area contributed by atoms with E-state index in [2.05, 4.69) is 259 Å². The van der Waals surface area contributed by atoms with Crippen molar-refractivity contribution >= 4 is 107 Å². The third-order valence-corrected chi connectivity index (χ3v) is 15.5. The number of nitrogens with zero attached hydrogens (tertiary/aromatic N) is 3. The highest BCUT2D eigenvalue weighted by Crippen LogP contribution is 2.49. The molecule has 0 saturated carbocycles. The van der Waals surface area contributed by atoms with E-state index < -0.39 is 0 Å². The number of rotatable bonds is 6. The maximum atomic E-state index is 6.82. The highest BCUT2D eigenvalue weighted by molar-refractivity contribution is 7.00. The fourth-order valence-electron chi connectivity index (χ4n) is 11.5. The first-order valence-corrected chi connectivity index (χ1v) is 26.1. The fourth-order valence-corrected chi connectivity index (χ4v) is 11.5. The van der Waals surface area contributed by atoms with Gasteiger partial charge in [-0.15, -0.1) is 0 Å². The Hall–Kier alpha value is -8.22. The largest absolute Gasteiger partial charge is 0.456 e. The predicted molar refractivity (Wildman–Crippen MR) is 314 cm³/mol. The monoisotopic (exact) mass is 961 g/mol. The molecule has 2 aliphatic heterocycles. The first kappa shape index (κ1) is 45.6. The van der Waals surface area contributed by atoms with E-state index in [9.17, 15) is 0 Å². The molecule has 0 unspecified atom stereocenters. The lowest BCUT2D eigenvalue weighted by atomic mass is 9.33. The van der Waals surface area contributed by atoms with Gasteiger partial charge in [-0.2, -0.15) is 0 Å².